The Kier molecular flexibility index (Phi) is 5.60. The number of aliphatic hydroxyl groups is 4. The lowest BCUT2D eigenvalue weighted by atomic mass is 9.97. The van der Waals surface area contributed by atoms with Crippen molar-refractivity contribution in [2.75, 3.05) is 6.61 Å². The van der Waals surface area contributed by atoms with Crippen LogP contribution in [0.4, 0.5) is 0 Å². The van der Waals surface area contributed by atoms with Crippen LogP contribution in [0.15, 0.2) is 12.2 Å². The van der Waals surface area contributed by atoms with Crippen LogP contribution in [0, 0.1) is 0 Å². The Bertz CT molecular complexity index is 398. The van der Waals surface area contributed by atoms with Crippen LogP contribution < -0.4 is 5.32 Å². The number of carboxylic acids is 1. The van der Waals surface area contributed by atoms with Gasteiger partial charge in [0.05, 0.1) is 13.0 Å². The zero-order valence-corrected chi connectivity index (χ0v) is 10.5. The van der Waals surface area contributed by atoms with Gasteiger partial charge in [-0.3, -0.25) is 4.79 Å². The number of nitrogens with one attached hydrogen (secondary N) is 1. The topological polar surface area (TPSA) is 157 Å². The van der Waals surface area contributed by atoms with Crippen LogP contribution in [0.3, 0.4) is 0 Å². The van der Waals surface area contributed by atoms with Gasteiger partial charge in [-0.1, -0.05) is 6.58 Å². The van der Waals surface area contributed by atoms with E-state index in [9.17, 15) is 24.9 Å². The quantitative estimate of drug-likeness (QED) is 0.291. The number of rotatable bonds is 5. The van der Waals surface area contributed by atoms with Gasteiger partial charge in [-0.05, 0) is 0 Å². The van der Waals surface area contributed by atoms with Crippen molar-refractivity contribution in [1.29, 1.82) is 0 Å². The number of hydrogen-bond acceptors (Lipinski definition) is 7. The zero-order chi connectivity index (χ0) is 15.4. The molecule has 0 spiro atoms. The molecule has 1 saturated heterocycles. The third-order valence-electron chi connectivity index (χ3n) is 2.90. The third kappa shape index (κ3) is 3.74. The van der Waals surface area contributed by atoms with Gasteiger partial charge in [-0.15, -0.1) is 0 Å². The minimum absolute atomic E-state index is 0.364. The number of aliphatic carboxylic acids is 1. The predicted molar refractivity (Wildman–Crippen MR) is 63.3 cm³/mol. The Balaban J connectivity index is 2.64. The first kappa shape index (κ1) is 16.5. The molecule has 1 heterocycles. The van der Waals surface area contributed by atoms with Crippen LogP contribution >= 0.6 is 0 Å². The lowest BCUT2D eigenvalue weighted by molar-refractivity contribution is -0.253. The first-order valence-electron chi connectivity index (χ1n) is 5.79. The highest BCUT2D eigenvalue weighted by Gasteiger charge is 2.44. The summed E-state index contributed by atoms with van der Waals surface area (Å²) in [6, 6.07) is -1.35. The van der Waals surface area contributed by atoms with E-state index in [0.29, 0.717) is 0 Å². The van der Waals surface area contributed by atoms with Crippen molar-refractivity contribution in [2.24, 2.45) is 0 Å². The minimum atomic E-state index is -1.65. The highest BCUT2D eigenvalue weighted by molar-refractivity contribution is 5.93. The van der Waals surface area contributed by atoms with Gasteiger partial charge in [0, 0.05) is 5.57 Å². The van der Waals surface area contributed by atoms with Crippen LogP contribution in [0.1, 0.15) is 6.42 Å². The molecule has 9 heteroatoms. The zero-order valence-electron chi connectivity index (χ0n) is 10.5. The molecule has 0 saturated carbocycles. The summed E-state index contributed by atoms with van der Waals surface area (Å²) >= 11 is 0. The second kappa shape index (κ2) is 6.77. The molecule has 20 heavy (non-hydrogen) atoms. The van der Waals surface area contributed by atoms with Gasteiger partial charge in [0.25, 0.3) is 0 Å². The highest BCUT2D eigenvalue weighted by Crippen LogP contribution is 2.19. The molecule has 0 aliphatic carbocycles. The molecular weight excluding hydrogens is 274 g/mol. The fraction of sp³-hybridized carbons (Fsp3) is 0.636. The number of amides is 1. The third-order valence-corrected chi connectivity index (χ3v) is 2.90. The van der Waals surface area contributed by atoms with E-state index in [1.165, 1.54) is 0 Å². The van der Waals surface area contributed by atoms with Gasteiger partial charge in [0.2, 0.25) is 5.91 Å². The van der Waals surface area contributed by atoms with Crippen LogP contribution in [0.5, 0.6) is 0 Å². The van der Waals surface area contributed by atoms with Gasteiger partial charge in [0.15, 0.2) is 6.29 Å². The summed E-state index contributed by atoms with van der Waals surface area (Å²) in [7, 11) is 0. The Morgan fingerprint density at radius 2 is 1.80 bits per heavy atom. The molecule has 1 aliphatic rings. The summed E-state index contributed by atoms with van der Waals surface area (Å²) in [6.07, 6.45) is -6.44. The Labute approximate surface area is 114 Å². The molecule has 0 bridgehead atoms. The number of ether oxygens (including phenoxy) is 1. The van der Waals surface area contributed by atoms with Gasteiger partial charge < -0.3 is 35.6 Å². The van der Waals surface area contributed by atoms with E-state index in [2.05, 4.69) is 11.9 Å². The number of carboxylic acid groups (broad SMARTS) is 1. The SMILES string of the molecule is C=C(CC(=O)N[C@@H]1[C@@H](O)[C@H](O)[C@@H](CO)O[C@@H]1O)C(=O)O. The second-order valence-corrected chi connectivity index (χ2v) is 4.41. The number of carbonyl (C=O) groups is 2. The molecule has 1 aliphatic heterocycles. The van der Waals surface area contributed by atoms with E-state index in [4.69, 9.17) is 14.9 Å². The molecule has 1 amide bonds. The summed E-state index contributed by atoms with van der Waals surface area (Å²) in [5, 5.41) is 48.5. The number of aliphatic hydroxyl groups excluding tert-OH is 4. The summed E-state index contributed by atoms with van der Waals surface area (Å²) in [5.74, 6) is -2.15. The molecule has 0 radical (unpaired) electrons. The van der Waals surface area contributed by atoms with Crippen LogP contribution in [0.25, 0.3) is 0 Å². The minimum Gasteiger partial charge on any atom is -0.478 e. The van der Waals surface area contributed by atoms with Crippen LogP contribution in [-0.4, -0.2) is 74.7 Å². The van der Waals surface area contributed by atoms with Gasteiger partial charge >= 0.3 is 5.97 Å². The van der Waals surface area contributed by atoms with Crippen molar-refractivity contribution >= 4 is 11.9 Å². The van der Waals surface area contributed by atoms with Crippen molar-refractivity contribution in [2.45, 2.75) is 37.1 Å². The van der Waals surface area contributed by atoms with Gasteiger partial charge in [-0.2, -0.15) is 0 Å². The molecule has 1 fully saturated rings. The smallest absolute Gasteiger partial charge is 0.331 e. The molecule has 6 N–H and O–H groups in total. The maximum Gasteiger partial charge on any atom is 0.331 e. The Morgan fingerprint density at radius 1 is 1.20 bits per heavy atom. The van der Waals surface area contributed by atoms with Crippen molar-refractivity contribution < 1.29 is 39.9 Å². The van der Waals surface area contributed by atoms with Crippen molar-refractivity contribution in [3.8, 4) is 0 Å². The highest BCUT2D eigenvalue weighted by atomic mass is 16.6. The van der Waals surface area contributed by atoms with E-state index < -0.39 is 55.5 Å². The molecule has 9 nitrogen and oxygen atoms in total. The molecular formula is C11H17NO8. The van der Waals surface area contributed by atoms with Crippen LogP contribution in [-0.2, 0) is 14.3 Å². The average Bonchev–Trinajstić information content (AvgIpc) is 2.38. The largest absolute Gasteiger partial charge is 0.478 e. The normalized spacial score (nSPS) is 33.5. The maximum atomic E-state index is 11.5. The molecule has 5 atom stereocenters. The summed E-state index contributed by atoms with van der Waals surface area (Å²) in [4.78, 5) is 22.0. The number of hydrogen-bond donors (Lipinski definition) is 6. The van der Waals surface area contributed by atoms with Crippen molar-refractivity contribution in [3.63, 3.8) is 0 Å². The van der Waals surface area contributed by atoms with Gasteiger partial charge in [-0.25, -0.2) is 4.79 Å². The Hall–Kier alpha value is -1.52. The summed E-state index contributed by atoms with van der Waals surface area (Å²) in [5.41, 5.74) is -0.364. The molecule has 0 aromatic heterocycles. The summed E-state index contributed by atoms with van der Waals surface area (Å²) < 4.78 is 4.83. The molecule has 114 valence electrons. The predicted octanol–water partition coefficient (Wildman–Crippen LogP) is -3.07. The maximum absolute atomic E-state index is 11.5. The van der Waals surface area contributed by atoms with E-state index in [1.54, 1.807) is 0 Å². The fourth-order valence-electron chi connectivity index (χ4n) is 1.76. The lowest BCUT2D eigenvalue weighted by Crippen LogP contribution is -2.64. The standard InChI is InChI=1S/C11H17NO8/c1-4(10(17)18)2-6(14)12-7-9(16)8(15)5(3-13)20-11(7)19/h5,7-9,11,13,15-16,19H,1-3H2,(H,12,14)(H,17,18)/t5-,7-,8-,9-,11+/m1/s1. The fourth-order valence-corrected chi connectivity index (χ4v) is 1.76. The van der Waals surface area contributed by atoms with E-state index in [0.717, 1.165) is 0 Å². The van der Waals surface area contributed by atoms with E-state index in [-0.39, 0.29) is 5.57 Å². The molecule has 0 unspecified atom stereocenters. The molecule has 0 aromatic rings. The lowest BCUT2D eigenvalue weighted by Gasteiger charge is -2.40. The molecule has 1 rings (SSSR count). The van der Waals surface area contributed by atoms with Crippen molar-refractivity contribution in [1.82, 2.24) is 5.32 Å². The monoisotopic (exact) mass is 291 g/mol. The first-order valence-corrected chi connectivity index (χ1v) is 5.79. The summed E-state index contributed by atoms with van der Waals surface area (Å²) in [6.45, 7) is 2.55. The van der Waals surface area contributed by atoms with Crippen LogP contribution in [0.2, 0.25) is 0 Å². The second-order valence-electron chi connectivity index (χ2n) is 4.41. The average molecular weight is 291 g/mol. The molecule has 0 aromatic carbocycles. The Morgan fingerprint density at radius 3 is 2.30 bits per heavy atom. The first-order chi connectivity index (χ1) is 9.27. The van der Waals surface area contributed by atoms with E-state index >= 15 is 0 Å². The number of carbonyl (C=O) groups excluding carboxylic acids is 1. The van der Waals surface area contributed by atoms with Crippen molar-refractivity contribution in [3.05, 3.63) is 12.2 Å². The van der Waals surface area contributed by atoms with Gasteiger partial charge in [0.1, 0.15) is 24.4 Å². The van der Waals surface area contributed by atoms with E-state index in [1.807, 2.05) is 0 Å².